The van der Waals surface area contributed by atoms with Gasteiger partial charge in [-0.2, -0.15) is 8.42 Å². The molecule has 0 spiro atoms. The molecular weight excluding hydrogens is 801 g/mol. The Bertz CT molecular complexity index is 1170. The summed E-state index contributed by atoms with van der Waals surface area (Å²) >= 11 is 0. The van der Waals surface area contributed by atoms with Crippen molar-refractivity contribution in [3.05, 3.63) is 24.3 Å². The van der Waals surface area contributed by atoms with E-state index < -0.39 is 59.8 Å². The highest BCUT2D eigenvalue weighted by Gasteiger charge is 2.48. The molecule has 1 heterocycles. The number of ether oxygens (including phenoxy) is 4. The number of hydrogen-bond donors (Lipinski definition) is 4. The third kappa shape index (κ3) is 33.7. The molecule has 12 nitrogen and oxygen atoms in total. The molecule has 1 aliphatic rings. The van der Waals surface area contributed by atoms with E-state index in [0.29, 0.717) is 13.0 Å². The highest BCUT2D eigenvalue weighted by molar-refractivity contribution is 7.80. The lowest BCUT2D eigenvalue weighted by Crippen LogP contribution is -2.60. The van der Waals surface area contributed by atoms with Gasteiger partial charge in [-0.05, 0) is 44.9 Å². The maximum absolute atomic E-state index is 12.9. The normalized spacial score (nSPS) is 20.3. The van der Waals surface area contributed by atoms with Crippen molar-refractivity contribution in [3.8, 4) is 0 Å². The third-order valence-electron chi connectivity index (χ3n) is 11.3. The summed E-state index contributed by atoms with van der Waals surface area (Å²) in [5.74, 6) is -0.400. The molecule has 6 unspecified atom stereocenters. The first kappa shape index (κ1) is 57.6. The summed E-state index contributed by atoms with van der Waals surface area (Å²) in [6.45, 7) is 3.99. The highest BCUT2D eigenvalue weighted by Crippen LogP contribution is 2.26. The maximum atomic E-state index is 12.9. The Morgan fingerprint density at radius 2 is 1.08 bits per heavy atom. The van der Waals surface area contributed by atoms with Crippen LogP contribution < -0.4 is 0 Å². The molecule has 360 valence electrons. The van der Waals surface area contributed by atoms with Crippen LogP contribution in [0.5, 0.6) is 0 Å². The predicted octanol–water partition coefficient (Wildman–Crippen LogP) is 10.8. The minimum atomic E-state index is -5.06. The van der Waals surface area contributed by atoms with Gasteiger partial charge in [-0.3, -0.25) is 9.35 Å². The predicted molar refractivity (Wildman–Crippen MR) is 244 cm³/mol. The van der Waals surface area contributed by atoms with Crippen LogP contribution in [0.15, 0.2) is 24.3 Å². The van der Waals surface area contributed by atoms with E-state index in [-0.39, 0.29) is 19.6 Å². The SMILES string of the molecule is CCCCC/C=C\C/C=C\CCCCCCCCCCCC(=O)OC(COCCCCCCCCCCCCCCCCC)COC1OC(CO)C(O)C(OS(=O)(=O)O)C1O. The van der Waals surface area contributed by atoms with Crippen molar-refractivity contribution in [2.75, 3.05) is 26.4 Å². The molecule has 1 saturated heterocycles. The zero-order valence-electron chi connectivity index (χ0n) is 38.5. The number of aliphatic hydroxyl groups is 3. The minimum Gasteiger partial charge on any atom is -0.457 e. The zero-order valence-corrected chi connectivity index (χ0v) is 39.3. The molecule has 61 heavy (non-hydrogen) atoms. The molecule has 6 atom stereocenters. The van der Waals surface area contributed by atoms with Crippen LogP contribution in [-0.2, 0) is 38.3 Å². The molecule has 0 aromatic heterocycles. The first-order valence-corrected chi connectivity index (χ1v) is 26.0. The van der Waals surface area contributed by atoms with E-state index in [2.05, 4.69) is 42.3 Å². The second kappa shape index (κ2) is 40.1. The summed E-state index contributed by atoms with van der Waals surface area (Å²) in [5.41, 5.74) is 0. The Morgan fingerprint density at radius 1 is 0.623 bits per heavy atom. The van der Waals surface area contributed by atoms with E-state index in [0.717, 1.165) is 51.4 Å². The fraction of sp³-hybridized carbons (Fsp3) is 0.896. The standard InChI is InChI=1S/C48H90O12S/c1-3-5-7-9-11-13-15-17-19-20-21-22-23-25-27-29-31-33-35-37-44(50)58-42(41-57-48-46(52)47(60-61(53,54)55)45(51)43(39-49)59-48)40-56-38-36-34-32-30-28-26-24-18-16-14-12-10-8-6-4-2/h11,13,17,19,42-43,45-49,51-52H,3-10,12,14-16,18,20-41H2,1-2H3,(H,53,54,55)/b13-11-,19-17-. The number of rotatable bonds is 43. The van der Waals surface area contributed by atoms with Crippen LogP contribution in [0.1, 0.15) is 213 Å². The second-order valence-corrected chi connectivity index (χ2v) is 18.1. The van der Waals surface area contributed by atoms with Crippen LogP contribution in [0, 0.1) is 0 Å². The second-order valence-electron chi connectivity index (χ2n) is 17.1. The topological polar surface area (TPSA) is 178 Å². The van der Waals surface area contributed by atoms with Gasteiger partial charge in [0, 0.05) is 13.0 Å². The van der Waals surface area contributed by atoms with Crippen LogP contribution >= 0.6 is 0 Å². The lowest BCUT2D eigenvalue weighted by atomic mass is 9.99. The van der Waals surface area contributed by atoms with Gasteiger partial charge in [0.25, 0.3) is 0 Å². The summed E-state index contributed by atoms with van der Waals surface area (Å²) in [5, 5.41) is 30.7. The van der Waals surface area contributed by atoms with E-state index in [1.54, 1.807) is 0 Å². The van der Waals surface area contributed by atoms with E-state index in [9.17, 15) is 33.1 Å². The minimum absolute atomic E-state index is 0.0387. The smallest absolute Gasteiger partial charge is 0.397 e. The third-order valence-corrected chi connectivity index (χ3v) is 11.8. The van der Waals surface area contributed by atoms with Crippen LogP contribution in [0.2, 0.25) is 0 Å². The number of carbonyl (C=O) groups excluding carboxylic acids is 1. The van der Waals surface area contributed by atoms with Crippen LogP contribution in [0.4, 0.5) is 0 Å². The molecule has 0 aromatic carbocycles. The van der Waals surface area contributed by atoms with Crippen LogP contribution in [0.3, 0.4) is 0 Å². The van der Waals surface area contributed by atoms with Gasteiger partial charge in [0.1, 0.15) is 30.5 Å². The van der Waals surface area contributed by atoms with Crippen molar-refractivity contribution in [2.24, 2.45) is 0 Å². The molecule has 1 fully saturated rings. The van der Waals surface area contributed by atoms with Gasteiger partial charge in [-0.1, -0.05) is 186 Å². The molecule has 1 aliphatic heterocycles. The molecular formula is C48H90O12S. The molecule has 0 bridgehead atoms. The van der Waals surface area contributed by atoms with Crippen molar-refractivity contribution in [2.45, 2.75) is 250 Å². The van der Waals surface area contributed by atoms with E-state index >= 15 is 0 Å². The number of aliphatic hydroxyl groups excluding tert-OH is 3. The van der Waals surface area contributed by atoms with Crippen LogP contribution in [0.25, 0.3) is 0 Å². The van der Waals surface area contributed by atoms with E-state index in [4.69, 9.17) is 18.9 Å². The highest BCUT2D eigenvalue weighted by atomic mass is 32.3. The summed E-state index contributed by atoms with van der Waals surface area (Å²) in [6, 6.07) is 0. The molecule has 0 amide bonds. The van der Waals surface area contributed by atoms with Gasteiger partial charge in [-0.25, -0.2) is 4.18 Å². The number of unbranched alkanes of at least 4 members (excludes halogenated alkanes) is 26. The maximum Gasteiger partial charge on any atom is 0.397 e. The Morgan fingerprint density at radius 3 is 1.59 bits per heavy atom. The fourth-order valence-electron chi connectivity index (χ4n) is 7.59. The molecule has 13 heteroatoms. The molecule has 0 aromatic rings. The fourth-order valence-corrected chi connectivity index (χ4v) is 8.09. The van der Waals surface area contributed by atoms with Crippen LogP contribution in [-0.4, -0.2) is 97.5 Å². The monoisotopic (exact) mass is 891 g/mol. The Hall–Kier alpha value is -1.42. The van der Waals surface area contributed by atoms with Crippen molar-refractivity contribution in [3.63, 3.8) is 0 Å². The lowest BCUT2D eigenvalue weighted by Gasteiger charge is -2.41. The Balaban J connectivity index is 2.38. The lowest BCUT2D eigenvalue weighted by molar-refractivity contribution is -0.301. The summed E-state index contributed by atoms with van der Waals surface area (Å²) < 4.78 is 59.2. The average molecular weight is 891 g/mol. The molecule has 0 radical (unpaired) electrons. The van der Waals surface area contributed by atoms with Crippen molar-refractivity contribution in [1.82, 2.24) is 0 Å². The number of hydrogen-bond acceptors (Lipinski definition) is 11. The first-order chi connectivity index (χ1) is 29.6. The van der Waals surface area contributed by atoms with E-state index in [1.165, 1.54) is 135 Å². The van der Waals surface area contributed by atoms with Crippen molar-refractivity contribution >= 4 is 16.4 Å². The molecule has 4 N–H and O–H groups in total. The van der Waals surface area contributed by atoms with Gasteiger partial charge < -0.3 is 34.3 Å². The first-order valence-electron chi connectivity index (χ1n) is 24.6. The Labute approximate surface area is 371 Å². The summed E-state index contributed by atoms with van der Waals surface area (Å²) in [7, 11) is -5.06. The molecule has 0 aliphatic carbocycles. The summed E-state index contributed by atoms with van der Waals surface area (Å²) in [4.78, 5) is 12.9. The number of esters is 1. The Kier molecular flexibility index (Phi) is 37.9. The molecule has 1 rings (SSSR count). The van der Waals surface area contributed by atoms with Gasteiger partial charge in [0.05, 0.1) is 19.8 Å². The number of carbonyl (C=O) groups is 1. The van der Waals surface area contributed by atoms with Crippen molar-refractivity contribution < 1.29 is 56.2 Å². The van der Waals surface area contributed by atoms with Gasteiger partial charge >= 0.3 is 16.4 Å². The van der Waals surface area contributed by atoms with Crippen molar-refractivity contribution in [1.29, 1.82) is 0 Å². The molecule has 0 saturated carbocycles. The van der Waals surface area contributed by atoms with Gasteiger partial charge in [0.2, 0.25) is 0 Å². The van der Waals surface area contributed by atoms with Gasteiger partial charge in [-0.15, -0.1) is 0 Å². The average Bonchev–Trinajstić information content (AvgIpc) is 3.23. The largest absolute Gasteiger partial charge is 0.457 e. The van der Waals surface area contributed by atoms with E-state index in [1.807, 2.05) is 0 Å². The zero-order chi connectivity index (χ0) is 44.7. The number of allylic oxidation sites excluding steroid dienone is 4. The quantitative estimate of drug-likeness (QED) is 0.0197. The van der Waals surface area contributed by atoms with Gasteiger partial charge in [0.15, 0.2) is 6.29 Å². The summed E-state index contributed by atoms with van der Waals surface area (Å²) in [6.07, 6.45) is 36.3.